The molecular formula is C13H22N2O3. The molecule has 5 heteroatoms. The molecule has 0 aromatic rings. The average molecular weight is 254 g/mol. The third-order valence-electron chi connectivity index (χ3n) is 4.12. The molecule has 2 amide bonds. The van der Waals surface area contributed by atoms with Crippen LogP contribution in [0.2, 0.25) is 0 Å². The Hall–Kier alpha value is -1.26. The van der Waals surface area contributed by atoms with Crippen molar-refractivity contribution in [1.29, 1.82) is 0 Å². The van der Waals surface area contributed by atoms with Gasteiger partial charge in [-0.3, -0.25) is 4.79 Å². The predicted octanol–water partition coefficient (Wildman–Crippen LogP) is 1.78. The molecule has 0 aromatic heterocycles. The van der Waals surface area contributed by atoms with E-state index in [1.54, 1.807) is 9.80 Å². The lowest BCUT2D eigenvalue weighted by molar-refractivity contribution is -0.138. The fourth-order valence-corrected chi connectivity index (χ4v) is 2.86. The summed E-state index contributed by atoms with van der Waals surface area (Å²) in [5, 5.41) is 8.85. The number of carbonyl (C=O) groups is 2. The number of carboxylic acid groups (broad SMARTS) is 1. The SMILES string of the molecule is CN(CC1CCC1)C(=O)N1CCCC1CC(=O)O. The lowest BCUT2D eigenvalue weighted by atomic mass is 9.85. The van der Waals surface area contributed by atoms with E-state index in [0.717, 1.165) is 19.4 Å². The van der Waals surface area contributed by atoms with E-state index in [1.165, 1.54) is 19.3 Å². The van der Waals surface area contributed by atoms with Crippen molar-refractivity contribution in [3.63, 3.8) is 0 Å². The smallest absolute Gasteiger partial charge is 0.320 e. The lowest BCUT2D eigenvalue weighted by Crippen LogP contribution is -2.46. The molecule has 0 radical (unpaired) electrons. The highest BCUT2D eigenvalue weighted by Crippen LogP contribution is 2.28. The zero-order chi connectivity index (χ0) is 13.1. The van der Waals surface area contributed by atoms with Gasteiger partial charge in [-0.05, 0) is 31.6 Å². The predicted molar refractivity (Wildman–Crippen MR) is 67.3 cm³/mol. The third kappa shape index (κ3) is 2.94. The van der Waals surface area contributed by atoms with Gasteiger partial charge in [0.05, 0.1) is 6.42 Å². The Morgan fingerprint density at radius 1 is 1.28 bits per heavy atom. The topological polar surface area (TPSA) is 60.9 Å². The van der Waals surface area contributed by atoms with Crippen molar-refractivity contribution in [2.24, 2.45) is 5.92 Å². The van der Waals surface area contributed by atoms with Crippen LogP contribution in [0.5, 0.6) is 0 Å². The number of urea groups is 1. The van der Waals surface area contributed by atoms with Crippen LogP contribution in [-0.2, 0) is 4.79 Å². The van der Waals surface area contributed by atoms with Gasteiger partial charge in [-0.25, -0.2) is 4.79 Å². The second kappa shape index (κ2) is 5.59. The zero-order valence-corrected chi connectivity index (χ0v) is 11.0. The van der Waals surface area contributed by atoms with Crippen molar-refractivity contribution < 1.29 is 14.7 Å². The number of rotatable bonds is 4. The van der Waals surface area contributed by atoms with Gasteiger partial charge in [-0.2, -0.15) is 0 Å². The van der Waals surface area contributed by atoms with Crippen LogP contribution < -0.4 is 0 Å². The minimum atomic E-state index is -0.818. The summed E-state index contributed by atoms with van der Waals surface area (Å²) < 4.78 is 0. The number of hydrogen-bond donors (Lipinski definition) is 1. The Balaban J connectivity index is 1.87. The number of amides is 2. The Kier molecular flexibility index (Phi) is 4.09. The minimum absolute atomic E-state index is 0.00523. The number of likely N-dealkylation sites (tertiary alicyclic amines) is 1. The summed E-state index contributed by atoms with van der Waals surface area (Å²) in [6.07, 6.45) is 5.52. The summed E-state index contributed by atoms with van der Waals surface area (Å²) in [7, 11) is 1.83. The molecule has 0 spiro atoms. The number of nitrogens with zero attached hydrogens (tertiary/aromatic N) is 2. The summed E-state index contributed by atoms with van der Waals surface area (Å²) in [6, 6.07) is -0.107. The molecule has 1 saturated heterocycles. The van der Waals surface area contributed by atoms with Gasteiger partial charge in [0.15, 0.2) is 0 Å². The van der Waals surface area contributed by atoms with Crippen LogP contribution in [0.3, 0.4) is 0 Å². The first kappa shape index (κ1) is 13.2. The van der Waals surface area contributed by atoms with Crippen molar-refractivity contribution in [2.75, 3.05) is 20.1 Å². The van der Waals surface area contributed by atoms with Gasteiger partial charge in [-0.1, -0.05) is 6.42 Å². The molecule has 1 aliphatic carbocycles. The van der Waals surface area contributed by atoms with Crippen molar-refractivity contribution in [1.82, 2.24) is 9.80 Å². The van der Waals surface area contributed by atoms with Gasteiger partial charge in [-0.15, -0.1) is 0 Å². The maximum atomic E-state index is 12.3. The Bertz CT molecular complexity index is 328. The van der Waals surface area contributed by atoms with Crippen LogP contribution in [0, 0.1) is 5.92 Å². The Morgan fingerprint density at radius 2 is 2.00 bits per heavy atom. The monoisotopic (exact) mass is 254 g/mol. The first-order valence-corrected chi connectivity index (χ1v) is 6.81. The van der Waals surface area contributed by atoms with Gasteiger partial charge in [0, 0.05) is 26.2 Å². The highest BCUT2D eigenvalue weighted by Gasteiger charge is 2.33. The fourth-order valence-electron chi connectivity index (χ4n) is 2.86. The summed E-state index contributed by atoms with van der Waals surface area (Å²) in [6.45, 7) is 1.51. The molecule has 18 heavy (non-hydrogen) atoms. The largest absolute Gasteiger partial charge is 0.481 e. The lowest BCUT2D eigenvalue weighted by Gasteiger charge is -2.34. The van der Waals surface area contributed by atoms with Gasteiger partial charge < -0.3 is 14.9 Å². The molecule has 1 aliphatic heterocycles. The van der Waals surface area contributed by atoms with Crippen LogP contribution in [0.4, 0.5) is 4.79 Å². The maximum absolute atomic E-state index is 12.3. The third-order valence-corrected chi connectivity index (χ3v) is 4.12. The summed E-state index contributed by atoms with van der Waals surface area (Å²) >= 11 is 0. The molecule has 1 N–H and O–H groups in total. The Morgan fingerprint density at radius 3 is 2.56 bits per heavy atom. The number of hydrogen-bond acceptors (Lipinski definition) is 2. The van der Waals surface area contributed by atoms with E-state index < -0.39 is 5.97 Å². The molecule has 0 aromatic carbocycles. The van der Waals surface area contributed by atoms with Gasteiger partial charge >= 0.3 is 12.0 Å². The van der Waals surface area contributed by atoms with Crippen molar-refractivity contribution in [3.05, 3.63) is 0 Å². The van der Waals surface area contributed by atoms with Crippen LogP contribution in [-0.4, -0.2) is 53.1 Å². The quantitative estimate of drug-likeness (QED) is 0.831. The molecule has 5 nitrogen and oxygen atoms in total. The number of carbonyl (C=O) groups excluding carboxylic acids is 1. The molecule has 1 unspecified atom stereocenters. The van der Waals surface area contributed by atoms with Crippen molar-refractivity contribution >= 4 is 12.0 Å². The van der Waals surface area contributed by atoms with E-state index >= 15 is 0 Å². The van der Waals surface area contributed by atoms with Gasteiger partial charge in [0.2, 0.25) is 0 Å². The van der Waals surface area contributed by atoms with Crippen LogP contribution >= 0.6 is 0 Å². The number of carboxylic acids is 1. The number of aliphatic carboxylic acids is 1. The standard InChI is InChI=1S/C13H22N2O3/c1-14(9-10-4-2-5-10)13(18)15-7-3-6-11(15)8-12(16)17/h10-11H,2-9H2,1H3,(H,16,17). The second-order valence-corrected chi connectivity index (χ2v) is 5.55. The molecule has 2 aliphatic rings. The first-order chi connectivity index (χ1) is 8.58. The molecule has 1 heterocycles. The maximum Gasteiger partial charge on any atom is 0.320 e. The molecule has 2 rings (SSSR count). The highest BCUT2D eigenvalue weighted by molar-refractivity contribution is 5.76. The second-order valence-electron chi connectivity index (χ2n) is 5.55. The molecule has 0 bridgehead atoms. The molecular weight excluding hydrogens is 232 g/mol. The van der Waals surface area contributed by atoms with E-state index in [0.29, 0.717) is 12.5 Å². The van der Waals surface area contributed by atoms with Crippen LogP contribution in [0.1, 0.15) is 38.5 Å². The zero-order valence-electron chi connectivity index (χ0n) is 11.0. The Labute approximate surface area is 108 Å². The van der Waals surface area contributed by atoms with E-state index in [4.69, 9.17) is 5.11 Å². The highest BCUT2D eigenvalue weighted by atomic mass is 16.4. The van der Waals surface area contributed by atoms with E-state index in [9.17, 15) is 9.59 Å². The van der Waals surface area contributed by atoms with E-state index in [1.807, 2.05) is 7.05 Å². The fraction of sp³-hybridized carbons (Fsp3) is 0.846. The van der Waals surface area contributed by atoms with Crippen LogP contribution in [0.15, 0.2) is 0 Å². The molecule has 2 fully saturated rings. The molecule has 1 saturated carbocycles. The van der Waals surface area contributed by atoms with Crippen molar-refractivity contribution in [2.45, 2.75) is 44.6 Å². The summed E-state index contributed by atoms with van der Waals surface area (Å²) in [5.41, 5.74) is 0. The molecule has 102 valence electrons. The summed E-state index contributed by atoms with van der Waals surface area (Å²) in [5.74, 6) is -0.166. The average Bonchev–Trinajstić information content (AvgIpc) is 2.69. The van der Waals surface area contributed by atoms with Crippen molar-refractivity contribution in [3.8, 4) is 0 Å². The normalized spacial score (nSPS) is 23.8. The van der Waals surface area contributed by atoms with E-state index in [-0.39, 0.29) is 18.5 Å². The minimum Gasteiger partial charge on any atom is -0.481 e. The van der Waals surface area contributed by atoms with Gasteiger partial charge in [0.1, 0.15) is 0 Å². The van der Waals surface area contributed by atoms with Gasteiger partial charge in [0.25, 0.3) is 0 Å². The van der Waals surface area contributed by atoms with E-state index in [2.05, 4.69) is 0 Å². The first-order valence-electron chi connectivity index (χ1n) is 6.81. The van der Waals surface area contributed by atoms with Crippen LogP contribution in [0.25, 0.3) is 0 Å². The molecule has 1 atom stereocenters. The summed E-state index contributed by atoms with van der Waals surface area (Å²) in [4.78, 5) is 26.6.